The van der Waals surface area contributed by atoms with Gasteiger partial charge in [0.25, 0.3) is 0 Å². The van der Waals surface area contributed by atoms with Crippen LogP contribution in [0.25, 0.3) is 0 Å². The summed E-state index contributed by atoms with van der Waals surface area (Å²) in [5.74, 6) is 0. The Labute approximate surface area is 101 Å². The van der Waals surface area contributed by atoms with E-state index in [1.165, 1.54) is 19.3 Å². The maximum Gasteiger partial charge on any atom is 0.0992 e. The van der Waals surface area contributed by atoms with Crippen molar-refractivity contribution in [1.29, 1.82) is 5.26 Å². The van der Waals surface area contributed by atoms with Gasteiger partial charge in [0, 0.05) is 17.6 Å². The molecule has 1 fully saturated rings. The molecule has 0 amide bonds. The fourth-order valence-electron chi connectivity index (χ4n) is 1.97. The summed E-state index contributed by atoms with van der Waals surface area (Å²) in [4.78, 5) is 2.34. The Morgan fingerprint density at radius 3 is 2.75 bits per heavy atom. The standard InChI is InChI=1S/C13H15ClN2/c1-16(12-3-2-4-12)9-11-6-5-10(8-15)7-13(11)14/h5-7,12H,2-4,9H2,1H3. The molecule has 1 aromatic carbocycles. The highest BCUT2D eigenvalue weighted by atomic mass is 35.5. The first-order valence-electron chi connectivity index (χ1n) is 5.59. The molecule has 0 aliphatic heterocycles. The van der Waals surface area contributed by atoms with Crippen molar-refractivity contribution < 1.29 is 0 Å². The molecule has 1 saturated carbocycles. The van der Waals surface area contributed by atoms with Gasteiger partial charge in [-0.05, 0) is 37.6 Å². The van der Waals surface area contributed by atoms with Crippen LogP contribution in [0.2, 0.25) is 5.02 Å². The molecule has 2 rings (SSSR count). The van der Waals surface area contributed by atoms with Gasteiger partial charge in [0.15, 0.2) is 0 Å². The van der Waals surface area contributed by atoms with E-state index in [0.29, 0.717) is 16.6 Å². The number of halogens is 1. The van der Waals surface area contributed by atoms with Crippen LogP contribution in [0.4, 0.5) is 0 Å². The average molecular weight is 235 g/mol. The van der Waals surface area contributed by atoms with Crippen molar-refractivity contribution in [3.05, 3.63) is 34.3 Å². The Hall–Kier alpha value is -1.04. The van der Waals surface area contributed by atoms with Crippen LogP contribution >= 0.6 is 11.6 Å². The molecule has 0 radical (unpaired) electrons. The summed E-state index contributed by atoms with van der Waals surface area (Å²) in [6.07, 6.45) is 3.94. The Bertz CT molecular complexity index is 418. The molecule has 0 aromatic heterocycles. The molecule has 1 aromatic rings. The Kier molecular flexibility index (Phi) is 3.48. The van der Waals surface area contributed by atoms with Crippen LogP contribution in [0, 0.1) is 11.3 Å². The summed E-state index contributed by atoms with van der Waals surface area (Å²) in [5, 5.41) is 9.45. The molecule has 0 heterocycles. The van der Waals surface area contributed by atoms with Gasteiger partial charge in [-0.2, -0.15) is 5.26 Å². The Morgan fingerprint density at radius 1 is 1.50 bits per heavy atom. The summed E-state index contributed by atoms with van der Waals surface area (Å²) in [6, 6.07) is 8.34. The van der Waals surface area contributed by atoms with Crippen molar-refractivity contribution in [3.8, 4) is 6.07 Å². The number of hydrogen-bond donors (Lipinski definition) is 0. The fraction of sp³-hybridized carbons (Fsp3) is 0.462. The molecular formula is C13H15ClN2. The second-order valence-electron chi connectivity index (χ2n) is 4.42. The first-order valence-corrected chi connectivity index (χ1v) is 5.97. The lowest BCUT2D eigenvalue weighted by Crippen LogP contribution is -2.36. The summed E-state index contributed by atoms with van der Waals surface area (Å²) >= 11 is 6.14. The largest absolute Gasteiger partial charge is 0.299 e. The van der Waals surface area contributed by atoms with E-state index < -0.39 is 0 Å². The number of nitrogens with zero attached hydrogens (tertiary/aromatic N) is 2. The highest BCUT2D eigenvalue weighted by Gasteiger charge is 2.22. The molecule has 0 unspecified atom stereocenters. The quantitative estimate of drug-likeness (QED) is 0.803. The van der Waals surface area contributed by atoms with Crippen molar-refractivity contribution in [2.45, 2.75) is 31.8 Å². The molecule has 16 heavy (non-hydrogen) atoms. The zero-order valence-electron chi connectivity index (χ0n) is 9.41. The van der Waals surface area contributed by atoms with E-state index in [4.69, 9.17) is 16.9 Å². The van der Waals surface area contributed by atoms with Crippen molar-refractivity contribution in [1.82, 2.24) is 4.90 Å². The van der Waals surface area contributed by atoms with E-state index in [2.05, 4.69) is 18.0 Å². The fourth-order valence-corrected chi connectivity index (χ4v) is 2.21. The van der Waals surface area contributed by atoms with Crippen LogP contribution in [0.5, 0.6) is 0 Å². The van der Waals surface area contributed by atoms with Gasteiger partial charge in [-0.3, -0.25) is 4.90 Å². The maximum atomic E-state index is 8.75. The van der Waals surface area contributed by atoms with Crippen LogP contribution in [0.3, 0.4) is 0 Å². The number of hydrogen-bond acceptors (Lipinski definition) is 2. The molecule has 0 N–H and O–H groups in total. The number of rotatable bonds is 3. The summed E-state index contributed by atoms with van der Waals surface area (Å²) in [7, 11) is 2.14. The SMILES string of the molecule is CN(Cc1ccc(C#N)cc1Cl)C1CCC1. The van der Waals surface area contributed by atoms with Gasteiger partial charge in [-0.1, -0.05) is 24.1 Å². The van der Waals surface area contributed by atoms with Gasteiger partial charge in [0.05, 0.1) is 11.6 Å². The predicted octanol–water partition coefficient (Wildman–Crippen LogP) is 3.20. The highest BCUT2D eigenvalue weighted by molar-refractivity contribution is 6.31. The van der Waals surface area contributed by atoms with Gasteiger partial charge in [0.1, 0.15) is 0 Å². The average Bonchev–Trinajstić information content (AvgIpc) is 2.18. The third-order valence-corrected chi connectivity index (χ3v) is 3.65. The summed E-state index contributed by atoms with van der Waals surface area (Å²) < 4.78 is 0. The monoisotopic (exact) mass is 234 g/mol. The van der Waals surface area contributed by atoms with Crippen LogP contribution < -0.4 is 0 Å². The number of nitriles is 1. The zero-order valence-corrected chi connectivity index (χ0v) is 10.2. The molecule has 1 aliphatic carbocycles. The molecule has 84 valence electrons. The van der Waals surface area contributed by atoms with Gasteiger partial charge in [-0.15, -0.1) is 0 Å². The van der Waals surface area contributed by atoms with E-state index in [9.17, 15) is 0 Å². The molecule has 0 spiro atoms. The molecule has 0 bridgehead atoms. The minimum atomic E-state index is 0.625. The topological polar surface area (TPSA) is 27.0 Å². The van der Waals surface area contributed by atoms with Crippen molar-refractivity contribution in [3.63, 3.8) is 0 Å². The van der Waals surface area contributed by atoms with E-state index >= 15 is 0 Å². The smallest absolute Gasteiger partial charge is 0.0992 e. The molecule has 0 atom stereocenters. The second-order valence-corrected chi connectivity index (χ2v) is 4.83. The van der Waals surface area contributed by atoms with E-state index in [1.54, 1.807) is 6.07 Å². The van der Waals surface area contributed by atoms with Crippen LogP contribution in [-0.2, 0) is 6.54 Å². The molecule has 2 nitrogen and oxygen atoms in total. The normalized spacial score (nSPS) is 15.9. The predicted molar refractivity (Wildman–Crippen MR) is 65.3 cm³/mol. The third kappa shape index (κ3) is 2.37. The summed E-state index contributed by atoms with van der Waals surface area (Å²) in [5.41, 5.74) is 1.73. The minimum absolute atomic E-state index is 0.625. The van der Waals surface area contributed by atoms with E-state index in [0.717, 1.165) is 12.1 Å². The van der Waals surface area contributed by atoms with Crippen molar-refractivity contribution >= 4 is 11.6 Å². The first-order chi connectivity index (χ1) is 7.70. The zero-order chi connectivity index (χ0) is 11.5. The van der Waals surface area contributed by atoms with Crippen LogP contribution in [0.1, 0.15) is 30.4 Å². The van der Waals surface area contributed by atoms with Crippen molar-refractivity contribution in [2.24, 2.45) is 0 Å². The maximum absolute atomic E-state index is 8.75. The molecule has 3 heteroatoms. The first kappa shape index (κ1) is 11.4. The van der Waals surface area contributed by atoms with Gasteiger partial charge >= 0.3 is 0 Å². The lowest BCUT2D eigenvalue weighted by atomic mass is 9.91. The van der Waals surface area contributed by atoms with E-state index in [-0.39, 0.29) is 0 Å². The van der Waals surface area contributed by atoms with Gasteiger partial charge in [-0.25, -0.2) is 0 Å². The molecular weight excluding hydrogens is 220 g/mol. The molecule has 1 aliphatic rings. The number of benzene rings is 1. The Morgan fingerprint density at radius 2 is 2.25 bits per heavy atom. The van der Waals surface area contributed by atoms with Crippen molar-refractivity contribution in [2.75, 3.05) is 7.05 Å². The summed E-state index contributed by atoms with van der Waals surface area (Å²) in [6.45, 7) is 0.870. The molecule has 0 saturated heterocycles. The minimum Gasteiger partial charge on any atom is -0.299 e. The lowest BCUT2D eigenvalue weighted by Gasteiger charge is -2.34. The van der Waals surface area contributed by atoms with E-state index in [1.807, 2.05) is 12.1 Å². The van der Waals surface area contributed by atoms with Gasteiger partial charge in [0.2, 0.25) is 0 Å². The van der Waals surface area contributed by atoms with Gasteiger partial charge < -0.3 is 0 Å². The highest BCUT2D eigenvalue weighted by Crippen LogP contribution is 2.26. The Balaban J connectivity index is 2.06. The third-order valence-electron chi connectivity index (χ3n) is 3.30. The van der Waals surface area contributed by atoms with Crippen LogP contribution in [0.15, 0.2) is 18.2 Å². The second kappa shape index (κ2) is 4.86. The van der Waals surface area contributed by atoms with Crippen LogP contribution in [-0.4, -0.2) is 18.0 Å². The lowest BCUT2D eigenvalue weighted by molar-refractivity contribution is 0.152.